The molecule has 6 heteroatoms. The molecule has 1 aromatic carbocycles. The normalized spacial score (nSPS) is 20.8. The van der Waals surface area contributed by atoms with Crippen molar-refractivity contribution in [2.75, 3.05) is 31.6 Å². The van der Waals surface area contributed by atoms with Gasteiger partial charge >= 0.3 is 5.97 Å². The molecule has 0 radical (unpaired) electrons. The molecule has 0 unspecified atom stereocenters. The van der Waals surface area contributed by atoms with E-state index in [4.69, 9.17) is 9.72 Å². The molecule has 33 heavy (non-hydrogen) atoms. The molecule has 176 valence electrons. The Balaban J connectivity index is 1.09. The van der Waals surface area contributed by atoms with Gasteiger partial charge in [-0.05, 0) is 86.1 Å². The first-order chi connectivity index (χ1) is 16.2. The van der Waals surface area contributed by atoms with Crippen molar-refractivity contribution in [2.45, 2.75) is 69.9 Å². The standard InChI is InChI=1S/C27H35N3O3/c31-27(32)25(24-11-4-7-19-6-3-10-23(19)24)30-16-14-22(18-30)33-17-2-1-9-21-13-12-20-8-5-15-28-26(20)29-21/h4,7,11-13,22,25H,1-3,5-6,8-10,14-18H2,(H,28,29)(H,31,32)/t22-,25+/m1/s1. The Morgan fingerprint density at radius 2 is 2.06 bits per heavy atom. The highest BCUT2D eigenvalue weighted by Crippen LogP contribution is 2.34. The number of fused-ring (bicyclic) bond motifs is 2. The summed E-state index contributed by atoms with van der Waals surface area (Å²) in [6, 6.07) is 10.0. The lowest BCUT2D eigenvalue weighted by atomic mass is 9.96. The predicted octanol–water partition coefficient (Wildman–Crippen LogP) is 4.17. The average molecular weight is 450 g/mol. The second-order valence-electron chi connectivity index (χ2n) is 9.65. The molecular weight excluding hydrogens is 414 g/mol. The number of aryl methyl sites for hydroxylation is 3. The summed E-state index contributed by atoms with van der Waals surface area (Å²) in [7, 11) is 0. The van der Waals surface area contributed by atoms with Crippen LogP contribution in [0, 0.1) is 0 Å². The molecule has 3 aliphatic rings. The third-order valence-electron chi connectivity index (χ3n) is 7.38. The Bertz CT molecular complexity index is 993. The number of ether oxygens (including phenoxy) is 1. The molecule has 3 heterocycles. The van der Waals surface area contributed by atoms with Crippen LogP contribution in [0.25, 0.3) is 0 Å². The van der Waals surface area contributed by atoms with Crippen LogP contribution in [0.2, 0.25) is 0 Å². The molecule has 2 N–H and O–H groups in total. The van der Waals surface area contributed by atoms with Crippen molar-refractivity contribution in [1.82, 2.24) is 9.88 Å². The number of pyridine rings is 1. The minimum absolute atomic E-state index is 0.120. The van der Waals surface area contributed by atoms with Gasteiger partial charge in [-0.1, -0.05) is 24.3 Å². The number of carboxylic acid groups (broad SMARTS) is 1. The van der Waals surface area contributed by atoms with Gasteiger partial charge in [-0.15, -0.1) is 0 Å². The lowest BCUT2D eigenvalue weighted by Gasteiger charge is -2.26. The highest BCUT2D eigenvalue weighted by molar-refractivity contribution is 5.76. The second-order valence-corrected chi connectivity index (χ2v) is 9.65. The lowest BCUT2D eigenvalue weighted by molar-refractivity contribution is -0.143. The summed E-state index contributed by atoms with van der Waals surface area (Å²) in [5, 5.41) is 13.4. The molecule has 1 aromatic heterocycles. The van der Waals surface area contributed by atoms with Gasteiger partial charge < -0.3 is 15.2 Å². The Morgan fingerprint density at radius 1 is 1.15 bits per heavy atom. The van der Waals surface area contributed by atoms with E-state index in [-0.39, 0.29) is 6.10 Å². The third kappa shape index (κ3) is 5.07. The van der Waals surface area contributed by atoms with E-state index in [2.05, 4.69) is 28.4 Å². The number of carboxylic acids is 1. The number of aliphatic carboxylic acids is 1. The zero-order valence-electron chi connectivity index (χ0n) is 19.4. The van der Waals surface area contributed by atoms with Crippen LogP contribution in [-0.4, -0.2) is 53.3 Å². The van der Waals surface area contributed by atoms with Crippen molar-refractivity contribution in [2.24, 2.45) is 0 Å². The summed E-state index contributed by atoms with van der Waals surface area (Å²) >= 11 is 0. The molecule has 0 amide bonds. The first kappa shape index (κ1) is 22.4. The fraction of sp³-hybridized carbons (Fsp3) is 0.556. The van der Waals surface area contributed by atoms with Crippen molar-refractivity contribution >= 4 is 11.8 Å². The van der Waals surface area contributed by atoms with Crippen LogP contribution in [0.1, 0.15) is 66.1 Å². The van der Waals surface area contributed by atoms with Crippen molar-refractivity contribution in [3.05, 3.63) is 58.3 Å². The number of hydrogen-bond acceptors (Lipinski definition) is 5. The third-order valence-corrected chi connectivity index (χ3v) is 7.38. The Hall–Kier alpha value is -2.44. The minimum Gasteiger partial charge on any atom is -0.480 e. The number of hydrogen-bond donors (Lipinski definition) is 2. The number of unbranched alkanes of at least 4 members (excludes halogenated alkanes) is 1. The maximum Gasteiger partial charge on any atom is 0.325 e. The number of aromatic nitrogens is 1. The summed E-state index contributed by atoms with van der Waals surface area (Å²) in [4.78, 5) is 19.1. The first-order valence-corrected chi connectivity index (χ1v) is 12.6. The van der Waals surface area contributed by atoms with Crippen molar-refractivity contribution in [1.29, 1.82) is 0 Å². The maximum atomic E-state index is 12.2. The molecule has 1 saturated heterocycles. The molecule has 0 bridgehead atoms. The van der Waals surface area contributed by atoms with Gasteiger partial charge in [0, 0.05) is 31.9 Å². The Labute approximate surface area is 196 Å². The fourth-order valence-electron chi connectivity index (χ4n) is 5.68. The van der Waals surface area contributed by atoms with Crippen LogP contribution >= 0.6 is 0 Å². The smallest absolute Gasteiger partial charge is 0.325 e. The van der Waals surface area contributed by atoms with E-state index in [9.17, 15) is 9.90 Å². The highest BCUT2D eigenvalue weighted by Gasteiger charge is 2.36. The first-order valence-electron chi connectivity index (χ1n) is 12.6. The van der Waals surface area contributed by atoms with Crippen LogP contribution < -0.4 is 5.32 Å². The number of likely N-dealkylation sites (tertiary alicyclic amines) is 1. The van der Waals surface area contributed by atoms with E-state index >= 15 is 0 Å². The van der Waals surface area contributed by atoms with Gasteiger partial charge in [0.05, 0.1) is 6.10 Å². The highest BCUT2D eigenvalue weighted by atomic mass is 16.5. The summed E-state index contributed by atoms with van der Waals surface area (Å²) in [5.74, 6) is 0.320. The molecule has 5 rings (SSSR count). The van der Waals surface area contributed by atoms with Gasteiger partial charge in [-0.3, -0.25) is 9.69 Å². The van der Waals surface area contributed by atoms with Crippen molar-refractivity contribution in [3.63, 3.8) is 0 Å². The Kier molecular flexibility index (Phi) is 6.93. The van der Waals surface area contributed by atoms with E-state index in [0.717, 1.165) is 88.1 Å². The summed E-state index contributed by atoms with van der Waals surface area (Å²) in [6.45, 7) is 3.21. The minimum atomic E-state index is -0.747. The van der Waals surface area contributed by atoms with Gasteiger partial charge in [-0.25, -0.2) is 4.98 Å². The molecule has 1 fully saturated rings. The van der Waals surface area contributed by atoms with E-state index in [1.807, 2.05) is 12.1 Å². The number of nitrogens with zero attached hydrogens (tertiary/aromatic N) is 2. The van der Waals surface area contributed by atoms with E-state index in [0.29, 0.717) is 6.54 Å². The molecule has 2 aromatic rings. The Morgan fingerprint density at radius 3 is 2.97 bits per heavy atom. The van der Waals surface area contributed by atoms with Crippen LogP contribution in [0.5, 0.6) is 0 Å². The number of benzene rings is 1. The van der Waals surface area contributed by atoms with Gasteiger partial charge in [0.15, 0.2) is 0 Å². The fourth-order valence-corrected chi connectivity index (χ4v) is 5.68. The topological polar surface area (TPSA) is 74.7 Å². The molecule has 0 saturated carbocycles. The van der Waals surface area contributed by atoms with Crippen LogP contribution in [0.15, 0.2) is 30.3 Å². The van der Waals surface area contributed by atoms with Gasteiger partial charge in [0.1, 0.15) is 11.9 Å². The average Bonchev–Trinajstić information content (AvgIpc) is 3.49. The molecular formula is C27H35N3O3. The molecule has 2 aliphatic heterocycles. The monoisotopic (exact) mass is 449 g/mol. The maximum absolute atomic E-state index is 12.2. The molecule has 1 aliphatic carbocycles. The van der Waals surface area contributed by atoms with E-state index < -0.39 is 12.0 Å². The lowest BCUT2D eigenvalue weighted by Crippen LogP contribution is -2.34. The number of nitrogens with one attached hydrogen (secondary N) is 1. The van der Waals surface area contributed by atoms with Gasteiger partial charge in [0.25, 0.3) is 0 Å². The van der Waals surface area contributed by atoms with Crippen LogP contribution in [0.4, 0.5) is 5.82 Å². The predicted molar refractivity (Wildman–Crippen MR) is 129 cm³/mol. The zero-order valence-corrected chi connectivity index (χ0v) is 19.4. The SMILES string of the molecule is O=C(O)[C@H](c1cccc2c1CCC2)N1CC[C@@H](OCCCCc2ccc3c(n2)NCCC3)C1. The van der Waals surface area contributed by atoms with Crippen LogP contribution in [-0.2, 0) is 35.2 Å². The van der Waals surface area contributed by atoms with Gasteiger partial charge in [0.2, 0.25) is 0 Å². The van der Waals surface area contributed by atoms with E-state index in [1.165, 1.54) is 23.1 Å². The number of carbonyl (C=O) groups is 1. The quantitative estimate of drug-likeness (QED) is 0.560. The van der Waals surface area contributed by atoms with Crippen molar-refractivity contribution < 1.29 is 14.6 Å². The number of rotatable bonds is 9. The molecule has 2 atom stereocenters. The van der Waals surface area contributed by atoms with Crippen molar-refractivity contribution in [3.8, 4) is 0 Å². The second kappa shape index (κ2) is 10.2. The van der Waals surface area contributed by atoms with E-state index in [1.54, 1.807) is 0 Å². The zero-order chi connectivity index (χ0) is 22.6. The summed E-state index contributed by atoms with van der Waals surface area (Å²) in [5.41, 5.74) is 6.06. The summed E-state index contributed by atoms with van der Waals surface area (Å²) < 4.78 is 6.15. The van der Waals surface area contributed by atoms with Gasteiger partial charge in [-0.2, -0.15) is 0 Å². The number of anilines is 1. The van der Waals surface area contributed by atoms with Crippen LogP contribution in [0.3, 0.4) is 0 Å². The molecule has 0 spiro atoms. The molecule has 6 nitrogen and oxygen atoms in total. The largest absolute Gasteiger partial charge is 0.480 e. The summed E-state index contributed by atoms with van der Waals surface area (Å²) in [6.07, 6.45) is 9.54.